The molecule has 9 heteroatoms. The first-order chi connectivity index (χ1) is 17.0. The van der Waals surface area contributed by atoms with Gasteiger partial charge >= 0.3 is 0 Å². The van der Waals surface area contributed by atoms with E-state index < -0.39 is 5.82 Å². The first-order valence-corrected chi connectivity index (χ1v) is 10.9. The summed E-state index contributed by atoms with van der Waals surface area (Å²) in [6.07, 6.45) is 5.01. The third kappa shape index (κ3) is 3.48. The van der Waals surface area contributed by atoms with Gasteiger partial charge in [-0.3, -0.25) is 10.1 Å². The molecule has 0 spiro atoms. The van der Waals surface area contributed by atoms with Crippen LogP contribution < -0.4 is 4.90 Å². The van der Waals surface area contributed by atoms with Gasteiger partial charge in [0.2, 0.25) is 0 Å². The fourth-order valence-electron chi connectivity index (χ4n) is 4.17. The van der Waals surface area contributed by atoms with Gasteiger partial charge in [0.25, 0.3) is 0 Å². The second-order valence-corrected chi connectivity index (χ2v) is 8.40. The highest BCUT2D eigenvalue weighted by atomic mass is 19.1. The number of hydrogen-bond acceptors (Lipinski definition) is 5. The molecule has 0 aliphatic rings. The monoisotopic (exact) mass is 467 g/mol. The fraction of sp³-hybridized carbons (Fsp3) is 0.0769. The third-order valence-corrected chi connectivity index (χ3v) is 5.98. The van der Waals surface area contributed by atoms with Crippen molar-refractivity contribution < 1.29 is 8.78 Å². The number of nitrogens with zero attached hydrogens (tertiary/aromatic N) is 5. The van der Waals surface area contributed by atoms with E-state index in [4.69, 9.17) is 4.98 Å². The average Bonchev–Trinajstić information content (AvgIpc) is 3.49. The number of pyridine rings is 2. The Morgan fingerprint density at radius 3 is 2.51 bits per heavy atom. The summed E-state index contributed by atoms with van der Waals surface area (Å²) in [7, 11) is 3.81. The molecule has 6 aromatic rings. The average molecular weight is 467 g/mol. The van der Waals surface area contributed by atoms with Crippen molar-refractivity contribution in [1.29, 1.82) is 0 Å². The Morgan fingerprint density at radius 1 is 0.886 bits per heavy atom. The first-order valence-electron chi connectivity index (χ1n) is 10.9. The van der Waals surface area contributed by atoms with Crippen molar-refractivity contribution in [2.45, 2.75) is 0 Å². The summed E-state index contributed by atoms with van der Waals surface area (Å²) in [5, 5.41) is 7.57. The number of imidazole rings is 1. The van der Waals surface area contributed by atoms with Crippen LogP contribution in [0.25, 0.3) is 55.8 Å². The molecule has 6 rings (SSSR count). The highest BCUT2D eigenvalue weighted by Crippen LogP contribution is 2.35. The zero-order valence-corrected chi connectivity index (χ0v) is 18.8. The van der Waals surface area contributed by atoms with E-state index in [2.05, 4.69) is 25.1 Å². The molecule has 0 aliphatic carbocycles. The molecule has 2 N–H and O–H groups in total. The number of benzene rings is 2. The minimum atomic E-state index is -0.420. The number of aromatic amines is 2. The normalized spacial score (nSPS) is 11.4. The summed E-state index contributed by atoms with van der Waals surface area (Å²) in [6, 6.07) is 13.4. The highest BCUT2D eigenvalue weighted by molar-refractivity contribution is 5.98. The van der Waals surface area contributed by atoms with E-state index in [-0.39, 0.29) is 5.82 Å². The standard InChI is InChI=1S/C26H19F2N7/c1-35(2)17-11-15(12-29-13-17)18-7-8-20-21(22(18)28)24(34-33-20)26-31-23-19(9-10-30-25(23)32-26)14-3-5-16(27)6-4-14/h3-13H,1-2H3,(H,33,34)(H,30,31,32). The van der Waals surface area contributed by atoms with Crippen LogP contribution in [-0.2, 0) is 0 Å². The SMILES string of the molecule is CN(C)c1cncc(-c2ccc3[nH]nc(-c4nc5c(-c6ccc(F)cc6)ccnc5[nH]4)c3c2F)c1. The molecule has 172 valence electrons. The van der Waals surface area contributed by atoms with Crippen molar-refractivity contribution in [2.24, 2.45) is 0 Å². The van der Waals surface area contributed by atoms with Crippen molar-refractivity contribution in [1.82, 2.24) is 30.1 Å². The van der Waals surface area contributed by atoms with Gasteiger partial charge in [0.15, 0.2) is 11.5 Å². The van der Waals surface area contributed by atoms with Gasteiger partial charge in [-0.15, -0.1) is 0 Å². The van der Waals surface area contributed by atoms with Gasteiger partial charge in [-0.25, -0.2) is 18.7 Å². The van der Waals surface area contributed by atoms with Crippen LogP contribution in [0, 0.1) is 11.6 Å². The molecule has 0 amide bonds. The van der Waals surface area contributed by atoms with Gasteiger partial charge in [-0.1, -0.05) is 12.1 Å². The van der Waals surface area contributed by atoms with E-state index >= 15 is 4.39 Å². The molecule has 0 aliphatic heterocycles. The predicted molar refractivity (Wildman–Crippen MR) is 132 cm³/mol. The summed E-state index contributed by atoms with van der Waals surface area (Å²) in [5.74, 6) is -0.358. The number of rotatable bonds is 4. The van der Waals surface area contributed by atoms with Crippen LogP contribution in [0.5, 0.6) is 0 Å². The summed E-state index contributed by atoms with van der Waals surface area (Å²) < 4.78 is 29.3. The summed E-state index contributed by atoms with van der Waals surface area (Å²) in [5.41, 5.74) is 5.53. The zero-order chi connectivity index (χ0) is 24.1. The Kier molecular flexibility index (Phi) is 4.77. The van der Waals surface area contributed by atoms with Gasteiger partial charge in [0.05, 0.1) is 22.8 Å². The second-order valence-electron chi connectivity index (χ2n) is 8.40. The Morgan fingerprint density at radius 2 is 1.71 bits per heavy atom. The zero-order valence-electron chi connectivity index (χ0n) is 18.8. The molecule has 0 saturated heterocycles. The number of fused-ring (bicyclic) bond motifs is 2. The van der Waals surface area contributed by atoms with Gasteiger partial charge in [0.1, 0.15) is 22.8 Å². The topological polar surface area (TPSA) is 86.4 Å². The van der Waals surface area contributed by atoms with Crippen molar-refractivity contribution in [3.8, 4) is 33.8 Å². The summed E-state index contributed by atoms with van der Waals surface area (Å²) in [4.78, 5) is 18.4. The molecular weight excluding hydrogens is 448 g/mol. The fourth-order valence-corrected chi connectivity index (χ4v) is 4.17. The second kappa shape index (κ2) is 7.98. The quantitative estimate of drug-likeness (QED) is 0.354. The predicted octanol–water partition coefficient (Wildman–Crippen LogP) is 5.57. The molecule has 0 bridgehead atoms. The largest absolute Gasteiger partial charge is 0.376 e. The molecule has 0 saturated carbocycles. The lowest BCUT2D eigenvalue weighted by Crippen LogP contribution is -2.08. The molecule has 0 unspecified atom stereocenters. The Bertz CT molecular complexity index is 1700. The molecule has 2 aromatic carbocycles. The van der Waals surface area contributed by atoms with Gasteiger partial charge < -0.3 is 9.88 Å². The number of halogens is 2. The number of nitrogens with one attached hydrogen (secondary N) is 2. The minimum absolute atomic E-state index is 0.317. The van der Waals surface area contributed by atoms with Crippen LogP contribution in [0.2, 0.25) is 0 Å². The van der Waals surface area contributed by atoms with Gasteiger partial charge in [-0.05, 0) is 42.0 Å². The number of hydrogen-bond donors (Lipinski definition) is 2. The number of anilines is 1. The molecule has 35 heavy (non-hydrogen) atoms. The summed E-state index contributed by atoms with van der Waals surface area (Å²) in [6.45, 7) is 0. The van der Waals surface area contributed by atoms with E-state index in [0.29, 0.717) is 44.7 Å². The van der Waals surface area contributed by atoms with E-state index in [1.807, 2.05) is 31.1 Å². The maximum absolute atomic E-state index is 15.9. The van der Waals surface area contributed by atoms with Crippen molar-refractivity contribution in [3.63, 3.8) is 0 Å². The van der Waals surface area contributed by atoms with Crippen molar-refractivity contribution >= 4 is 27.8 Å². The summed E-state index contributed by atoms with van der Waals surface area (Å²) >= 11 is 0. The van der Waals surface area contributed by atoms with E-state index in [1.165, 1.54) is 12.1 Å². The Hall–Kier alpha value is -4.66. The highest BCUT2D eigenvalue weighted by Gasteiger charge is 2.21. The van der Waals surface area contributed by atoms with Crippen molar-refractivity contribution in [2.75, 3.05) is 19.0 Å². The third-order valence-electron chi connectivity index (χ3n) is 5.98. The smallest absolute Gasteiger partial charge is 0.161 e. The van der Waals surface area contributed by atoms with E-state index in [1.54, 1.807) is 42.9 Å². The lowest BCUT2D eigenvalue weighted by Gasteiger charge is -2.13. The minimum Gasteiger partial charge on any atom is -0.376 e. The van der Waals surface area contributed by atoms with Crippen LogP contribution >= 0.6 is 0 Å². The van der Waals surface area contributed by atoms with Crippen LogP contribution in [-0.4, -0.2) is 44.2 Å². The molecule has 7 nitrogen and oxygen atoms in total. The maximum Gasteiger partial charge on any atom is 0.161 e. The maximum atomic E-state index is 15.9. The molecular formula is C26H19F2N7. The molecule has 0 fully saturated rings. The Balaban J connectivity index is 1.51. The lowest BCUT2D eigenvalue weighted by atomic mass is 10.0. The van der Waals surface area contributed by atoms with Crippen LogP contribution in [0.1, 0.15) is 0 Å². The molecule has 4 heterocycles. The van der Waals surface area contributed by atoms with Gasteiger partial charge in [0, 0.05) is 43.2 Å². The van der Waals surface area contributed by atoms with Crippen LogP contribution in [0.3, 0.4) is 0 Å². The van der Waals surface area contributed by atoms with Crippen LogP contribution in [0.15, 0.2) is 67.1 Å². The number of aromatic nitrogens is 6. The molecule has 4 aromatic heterocycles. The lowest BCUT2D eigenvalue weighted by molar-refractivity contribution is 0.628. The molecule has 0 atom stereocenters. The van der Waals surface area contributed by atoms with E-state index in [0.717, 1.165) is 16.8 Å². The van der Waals surface area contributed by atoms with Crippen LogP contribution in [0.4, 0.5) is 14.5 Å². The first kappa shape index (κ1) is 20.9. The number of H-pyrrole nitrogens is 2. The van der Waals surface area contributed by atoms with E-state index in [9.17, 15) is 4.39 Å². The molecule has 0 radical (unpaired) electrons. The Labute approximate surface area is 198 Å². The van der Waals surface area contributed by atoms with Crippen molar-refractivity contribution in [3.05, 3.63) is 78.8 Å². The van der Waals surface area contributed by atoms with Gasteiger partial charge in [-0.2, -0.15) is 5.10 Å².